The van der Waals surface area contributed by atoms with Crippen molar-refractivity contribution in [3.63, 3.8) is 0 Å². The largest absolute Gasteiger partial charge is 0.333 e. The van der Waals surface area contributed by atoms with Gasteiger partial charge in [-0.25, -0.2) is 4.98 Å². The Kier molecular flexibility index (Phi) is 4.32. The summed E-state index contributed by atoms with van der Waals surface area (Å²) in [5.41, 5.74) is 1.87. The Morgan fingerprint density at radius 2 is 2.12 bits per heavy atom. The third-order valence-corrected chi connectivity index (χ3v) is 4.60. The van der Waals surface area contributed by atoms with Gasteiger partial charge in [0.15, 0.2) is 0 Å². The van der Waals surface area contributed by atoms with E-state index < -0.39 is 0 Å². The van der Waals surface area contributed by atoms with Crippen LogP contribution in [0.1, 0.15) is 17.0 Å². The lowest BCUT2D eigenvalue weighted by Gasteiger charge is -2.24. The predicted octanol–water partition coefficient (Wildman–Crippen LogP) is 2.28. The van der Waals surface area contributed by atoms with E-state index in [-0.39, 0.29) is 0 Å². The summed E-state index contributed by atoms with van der Waals surface area (Å²) in [6, 6.07) is 12.0. The minimum atomic E-state index is 0.453. The molecule has 1 aliphatic rings. The van der Waals surface area contributed by atoms with Crippen LogP contribution in [0.4, 0.5) is 0 Å². The smallest absolute Gasteiger partial charge is 0.122 e. The van der Waals surface area contributed by atoms with Gasteiger partial charge < -0.3 is 4.57 Å². The van der Waals surface area contributed by atoms with Gasteiger partial charge in [0.25, 0.3) is 0 Å². The molecular weight excluding hydrogens is 312 g/mol. The van der Waals surface area contributed by atoms with Crippen molar-refractivity contribution in [2.45, 2.75) is 26.2 Å². The summed E-state index contributed by atoms with van der Waals surface area (Å²) in [5, 5.41) is 13.5. The fourth-order valence-electron chi connectivity index (χ4n) is 3.53. The van der Waals surface area contributed by atoms with Crippen molar-refractivity contribution in [1.29, 1.82) is 5.26 Å². The molecule has 0 radical (unpaired) electrons. The first-order valence-electron chi connectivity index (χ1n) is 8.49. The zero-order valence-electron chi connectivity index (χ0n) is 14.0. The summed E-state index contributed by atoms with van der Waals surface area (Å²) in [6.45, 7) is 4.45. The number of rotatable bonds is 4. The van der Waals surface area contributed by atoms with Crippen molar-refractivity contribution in [1.82, 2.24) is 24.2 Å². The topological polar surface area (TPSA) is 62.7 Å². The first-order valence-corrected chi connectivity index (χ1v) is 8.49. The first kappa shape index (κ1) is 15.6. The highest BCUT2D eigenvalue weighted by molar-refractivity contribution is 5.32. The maximum Gasteiger partial charge on any atom is 0.122 e. The second-order valence-corrected chi connectivity index (χ2v) is 6.57. The molecule has 1 aromatic carbocycles. The standard InChI is InChI=1S/C19H20N6/c20-10-16-3-1-4-17(9-16)11-23-12-18(14-25-7-2-5-22-25)13-24-8-6-21-19(24)15-23/h1-9,18H,11-15H2. The zero-order valence-corrected chi connectivity index (χ0v) is 14.0. The summed E-state index contributed by atoms with van der Waals surface area (Å²) < 4.78 is 4.25. The Morgan fingerprint density at radius 1 is 1.16 bits per heavy atom. The van der Waals surface area contributed by atoms with E-state index in [0.29, 0.717) is 11.5 Å². The molecule has 0 spiro atoms. The van der Waals surface area contributed by atoms with E-state index in [1.165, 1.54) is 0 Å². The van der Waals surface area contributed by atoms with Gasteiger partial charge in [-0.2, -0.15) is 10.4 Å². The fourth-order valence-corrected chi connectivity index (χ4v) is 3.53. The molecule has 0 amide bonds. The summed E-state index contributed by atoms with van der Waals surface area (Å²) in [4.78, 5) is 6.93. The van der Waals surface area contributed by atoms with Crippen LogP contribution < -0.4 is 0 Å². The molecule has 1 atom stereocenters. The Hall–Kier alpha value is -2.91. The molecule has 25 heavy (non-hydrogen) atoms. The van der Waals surface area contributed by atoms with Gasteiger partial charge >= 0.3 is 0 Å². The van der Waals surface area contributed by atoms with Crippen LogP contribution in [0.25, 0.3) is 0 Å². The van der Waals surface area contributed by atoms with Gasteiger partial charge in [-0.1, -0.05) is 12.1 Å². The van der Waals surface area contributed by atoms with Gasteiger partial charge in [-0.3, -0.25) is 9.58 Å². The van der Waals surface area contributed by atoms with Crippen molar-refractivity contribution in [2.75, 3.05) is 6.54 Å². The molecular formula is C19H20N6. The minimum absolute atomic E-state index is 0.453. The molecule has 6 heteroatoms. The van der Waals surface area contributed by atoms with Crippen LogP contribution in [-0.2, 0) is 26.2 Å². The molecule has 6 nitrogen and oxygen atoms in total. The van der Waals surface area contributed by atoms with E-state index in [2.05, 4.69) is 37.9 Å². The number of nitrogens with zero attached hydrogens (tertiary/aromatic N) is 6. The normalized spacial score (nSPS) is 17.6. The van der Waals surface area contributed by atoms with Gasteiger partial charge in [0.2, 0.25) is 0 Å². The van der Waals surface area contributed by atoms with E-state index in [1.54, 1.807) is 0 Å². The second kappa shape index (κ2) is 6.91. The number of imidazole rings is 1. The number of nitriles is 1. The van der Waals surface area contributed by atoms with Crippen LogP contribution in [0.5, 0.6) is 0 Å². The van der Waals surface area contributed by atoms with Crippen molar-refractivity contribution in [3.05, 3.63) is 72.1 Å². The van der Waals surface area contributed by atoms with Crippen LogP contribution in [0.2, 0.25) is 0 Å². The molecule has 2 aromatic heterocycles. The molecule has 3 aromatic rings. The summed E-state index contributed by atoms with van der Waals surface area (Å²) in [7, 11) is 0. The van der Waals surface area contributed by atoms with E-state index in [0.717, 1.165) is 44.1 Å². The van der Waals surface area contributed by atoms with Gasteiger partial charge in [0, 0.05) is 56.9 Å². The number of benzene rings is 1. The lowest BCUT2D eigenvalue weighted by Crippen LogP contribution is -2.30. The number of hydrogen-bond donors (Lipinski definition) is 0. The van der Waals surface area contributed by atoms with Crippen LogP contribution in [0.3, 0.4) is 0 Å². The third kappa shape index (κ3) is 3.62. The molecule has 4 rings (SSSR count). The minimum Gasteiger partial charge on any atom is -0.333 e. The zero-order chi connectivity index (χ0) is 17.1. The van der Waals surface area contributed by atoms with Crippen molar-refractivity contribution in [2.24, 2.45) is 5.92 Å². The molecule has 1 unspecified atom stereocenters. The quantitative estimate of drug-likeness (QED) is 0.735. The molecule has 0 saturated carbocycles. The molecule has 0 saturated heterocycles. The molecule has 0 N–H and O–H groups in total. The van der Waals surface area contributed by atoms with Crippen LogP contribution in [0.15, 0.2) is 55.1 Å². The molecule has 1 aliphatic heterocycles. The average molecular weight is 332 g/mol. The van der Waals surface area contributed by atoms with Gasteiger partial charge in [-0.15, -0.1) is 0 Å². The molecule has 0 aliphatic carbocycles. The SMILES string of the molecule is N#Cc1cccc(CN2Cc3nccn3CC(Cn3cccn3)C2)c1. The monoisotopic (exact) mass is 332 g/mol. The number of fused-ring (bicyclic) bond motifs is 1. The Morgan fingerprint density at radius 3 is 2.96 bits per heavy atom. The van der Waals surface area contributed by atoms with Crippen molar-refractivity contribution >= 4 is 0 Å². The van der Waals surface area contributed by atoms with E-state index in [4.69, 9.17) is 5.26 Å². The molecule has 0 bridgehead atoms. The highest BCUT2D eigenvalue weighted by Gasteiger charge is 2.23. The number of aromatic nitrogens is 4. The third-order valence-electron chi connectivity index (χ3n) is 4.60. The summed E-state index contributed by atoms with van der Waals surface area (Å²) in [6.07, 6.45) is 7.77. The summed E-state index contributed by atoms with van der Waals surface area (Å²) in [5.74, 6) is 1.55. The van der Waals surface area contributed by atoms with E-state index in [1.807, 2.05) is 47.5 Å². The molecule has 3 heterocycles. The average Bonchev–Trinajstić information content (AvgIpc) is 3.25. The Balaban J connectivity index is 1.55. The van der Waals surface area contributed by atoms with Gasteiger partial charge in [0.1, 0.15) is 5.82 Å². The van der Waals surface area contributed by atoms with Gasteiger partial charge in [0.05, 0.1) is 18.2 Å². The maximum atomic E-state index is 9.11. The second-order valence-electron chi connectivity index (χ2n) is 6.57. The maximum absolute atomic E-state index is 9.11. The van der Waals surface area contributed by atoms with E-state index in [9.17, 15) is 0 Å². The Labute approximate surface area is 146 Å². The number of hydrogen-bond acceptors (Lipinski definition) is 4. The highest BCUT2D eigenvalue weighted by Crippen LogP contribution is 2.19. The summed E-state index contributed by atoms with van der Waals surface area (Å²) >= 11 is 0. The molecule has 0 fully saturated rings. The van der Waals surface area contributed by atoms with Crippen molar-refractivity contribution in [3.8, 4) is 6.07 Å². The highest BCUT2D eigenvalue weighted by atomic mass is 15.3. The van der Waals surface area contributed by atoms with Crippen LogP contribution in [-0.4, -0.2) is 30.8 Å². The van der Waals surface area contributed by atoms with Gasteiger partial charge in [-0.05, 0) is 23.8 Å². The predicted molar refractivity (Wildman–Crippen MR) is 93.2 cm³/mol. The first-order chi connectivity index (χ1) is 12.3. The lowest BCUT2D eigenvalue weighted by molar-refractivity contribution is 0.205. The fraction of sp³-hybridized carbons (Fsp3) is 0.316. The van der Waals surface area contributed by atoms with Crippen LogP contribution in [0, 0.1) is 17.2 Å². The van der Waals surface area contributed by atoms with E-state index >= 15 is 0 Å². The molecule has 126 valence electrons. The van der Waals surface area contributed by atoms with Crippen molar-refractivity contribution < 1.29 is 0 Å². The Bertz CT molecular complexity index is 873. The lowest BCUT2D eigenvalue weighted by atomic mass is 10.1. The van der Waals surface area contributed by atoms with Crippen LogP contribution >= 0.6 is 0 Å².